The highest BCUT2D eigenvalue weighted by Gasteiger charge is 2.05. The summed E-state index contributed by atoms with van der Waals surface area (Å²) in [5, 5.41) is 4.45. The first-order valence-electron chi connectivity index (χ1n) is 6.71. The van der Waals surface area contributed by atoms with E-state index < -0.39 is 0 Å². The quantitative estimate of drug-likeness (QED) is 0.790. The second kappa shape index (κ2) is 5.99. The molecule has 0 atom stereocenters. The standard InChI is InChI=1S/C16H13Cl2N3O/c1-10-13(18)3-2-4-14(10)19-8-12-7-16(22)21-9-11(17)5-6-15(21)20-12/h2-7,9,19H,8H2,1H3. The van der Waals surface area contributed by atoms with E-state index in [9.17, 15) is 4.79 Å². The average Bonchev–Trinajstić information content (AvgIpc) is 2.49. The molecule has 112 valence electrons. The predicted molar refractivity (Wildman–Crippen MR) is 90.0 cm³/mol. The van der Waals surface area contributed by atoms with Crippen molar-refractivity contribution >= 4 is 34.5 Å². The van der Waals surface area contributed by atoms with Crippen molar-refractivity contribution in [1.29, 1.82) is 0 Å². The third-order valence-corrected chi connectivity index (χ3v) is 4.04. The zero-order chi connectivity index (χ0) is 15.7. The molecule has 0 saturated carbocycles. The van der Waals surface area contributed by atoms with Gasteiger partial charge >= 0.3 is 0 Å². The molecule has 22 heavy (non-hydrogen) atoms. The molecule has 0 aliphatic rings. The van der Waals surface area contributed by atoms with E-state index in [1.807, 2.05) is 25.1 Å². The van der Waals surface area contributed by atoms with Crippen molar-refractivity contribution in [1.82, 2.24) is 9.38 Å². The predicted octanol–water partition coefficient (Wildman–Crippen LogP) is 3.92. The summed E-state index contributed by atoms with van der Waals surface area (Å²) in [4.78, 5) is 16.6. The molecule has 0 amide bonds. The van der Waals surface area contributed by atoms with Crippen LogP contribution >= 0.6 is 23.2 Å². The lowest BCUT2D eigenvalue weighted by Crippen LogP contribution is -2.16. The van der Waals surface area contributed by atoms with Crippen molar-refractivity contribution in [2.24, 2.45) is 0 Å². The van der Waals surface area contributed by atoms with Gasteiger partial charge in [-0.3, -0.25) is 9.20 Å². The number of pyridine rings is 1. The number of nitrogens with one attached hydrogen (secondary N) is 1. The molecule has 0 bridgehead atoms. The highest BCUT2D eigenvalue weighted by atomic mass is 35.5. The molecule has 0 fully saturated rings. The summed E-state index contributed by atoms with van der Waals surface area (Å²) >= 11 is 12.0. The summed E-state index contributed by atoms with van der Waals surface area (Å²) in [5.74, 6) is 0. The Labute approximate surface area is 137 Å². The van der Waals surface area contributed by atoms with Gasteiger partial charge in [-0.25, -0.2) is 4.98 Å². The summed E-state index contributed by atoms with van der Waals surface area (Å²) in [6, 6.07) is 10.6. The third-order valence-electron chi connectivity index (χ3n) is 3.40. The summed E-state index contributed by atoms with van der Waals surface area (Å²) in [6.07, 6.45) is 1.56. The smallest absolute Gasteiger partial charge is 0.258 e. The number of nitrogens with zero attached hydrogens (tertiary/aromatic N) is 2. The Bertz CT molecular complexity index is 906. The first-order valence-corrected chi connectivity index (χ1v) is 7.47. The molecule has 0 spiro atoms. The molecular formula is C16H13Cl2N3O. The van der Waals surface area contributed by atoms with Crippen molar-refractivity contribution in [2.75, 3.05) is 5.32 Å². The minimum atomic E-state index is -0.160. The lowest BCUT2D eigenvalue weighted by atomic mass is 10.2. The number of fused-ring (bicyclic) bond motifs is 1. The van der Waals surface area contributed by atoms with E-state index >= 15 is 0 Å². The first-order chi connectivity index (χ1) is 10.5. The van der Waals surface area contributed by atoms with E-state index in [0.29, 0.717) is 27.9 Å². The molecule has 2 aromatic heterocycles. The maximum absolute atomic E-state index is 12.1. The number of benzene rings is 1. The minimum absolute atomic E-state index is 0.160. The lowest BCUT2D eigenvalue weighted by molar-refractivity contribution is 0.970. The first kappa shape index (κ1) is 14.9. The number of aromatic nitrogens is 2. The molecule has 0 unspecified atom stereocenters. The van der Waals surface area contributed by atoms with Gasteiger partial charge in [0.1, 0.15) is 5.65 Å². The Morgan fingerprint density at radius 1 is 1.23 bits per heavy atom. The molecule has 0 aliphatic carbocycles. The zero-order valence-electron chi connectivity index (χ0n) is 11.8. The Morgan fingerprint density at radius 2 is 2.05 bits per heavy atom. The third kappa shape index (κ3) is 2.93. The van der Waals surface area contributed by atoms with Crippen LogP contribution in [0.15, 0.2) is 47.4 Å². The van der Waals surface area contributed by atoms with Crippen LogP contribution in [0.5, 0.6) is 0 Å². The second-order valence-electron chi connectivity index (χ2n) is 4.93. The molecule has 2 heterocycles. The summed E-state index contributed by atoms with van der Waals surface area (Å²) in [7, 11) is 0. The van der Waals surface area contributed by atoms with Crippen LogP contribution in [-0.4, -0.2) is 9.38 Å². The molecular weight excluding hydrogens is 321 g/mol. The zero-order valence-corrected chi connectivity index (χ0v) is 13.3. The van der Waals surface area contributed by atoms with Crippen LogP contribution in [0.1, 0.15) is 11.3 Å². The molecule has 0 saturated heterocycles. The molecule has 0 radical (unpaired) electrons. The molecule has 0 aliphatic heterocycles. The van der Waals surface area contributed by atoms with Crippen LogP contribution in [0, 0.1) is 6.92 Å². The topological polar surface area (TPSA) is 46.4 Å². The van der Waals surface area contributed by atoms with Crippen LogP contribution in [0.4, 0.5) is 5.69 Å². The Morgan fingerprint density at radius 3 is 2.86 bits per heavy atom. The maximum Gasteiger partial charge on any atom is 0.258 e. The van der Waals surface area contributed by atoms with Gasteiger partial charge < -0.3 is 5.32 Å². The van der Waals surface area contributed by atoms with Crippen LogP contribution in [0.25, 0.3) is 5.65 Å². The number of rotatable bonds is 3. The Hall–Kier alpha value is -2.04. The second-order valence-corrected chi connectivity index (χ2v) is 5.77. The van der Waals surface area contributed by atoms with Crippen molar-refractivity contribution in [3.63, 3.8) is 0 Å². The van der Waals surface area contributed by atoms with E-state index in [2.05, 4.69) is 10.3 Å². The molecule has 4 nitrogen and oxygen atoms in total. The van der Waals surface area contributed by atoms with Crippen LogP contribution in [0.2, 0.25) is 10.0 Å². The summed E-state index contributed by atoms with van der Waals surface area (Å²) < 4.78 is 1.43. The number of hydrogen-bond acceptors (Lipinski definition) is 3. The highest BCUT2D eigenvalue weighted by molar-refractivity contribution is 6.31. The maximum atomic E-state index is 12.1. The highest BCUT2D eigenvalue weighted by Crippen LogP contribution is 2.23. The van der Waals surface area contributed by atoms with Crippen molar-refractivity contribution < 1.29 is 0 Å². The molecule has 3 rings (SSSR count). The largest absolute Gasteiger partial charge is 0.379 e. The number of anilines is 1. The van der Waals surface area contributed by atoms with Gasteiger partial charge in [0.2, 0.25) is 0 Å². The number of halogens is 2. The van der Waals surface area contributed by atoms with Gasteiger partial charge in [0.25, 0.3) is 5.56 Å². The van der Waals surface area contributed by atoms with Crippen LogP contribution in [0.3, 0.4) is 0 Å². The molecule has 1 aromatic carbocycles. The fourth-order valence-corrected chi connectivity index (χ4v) is 2.54. The van der Waals surface area contributed by atoms with Gasteiger partial charge in [0.15, 0.2) is 0 Å². The number of hydrogen-bond donors (Lipinski definition) is 1. The summed E-state index contributed by atoms with van der Waals surface area (Å²) in [6.45, 7) is 2.38. The normalized spacial score (nSPS) is 10.9. The van der Waals surface area contributed by atoms with E-state index in [-0.39, 0.29) is 5.56 Å². The van der Waals surface area contributed by atoms with E-state index in [1.165, 1.54) is 10.5 Å². The minimum Gasteiger partial charge on any atom is -0.379 e. The fourth-order valence-electron chi connectivity index (χ4n) is 2.20. The van der Waals surface area contributed by atoms with Gasteiger partial charge in [-0.2, -0.15) is 0 Å². The molecule has 3 aromatic rings. The van der Waals surface area contributed by atoms with E-state index in [1.54, 1.807) is 18.3 Å². The molecule has 1 N–H and O–H groups in total. The van der Waals surface area contributed by atoms with Crippen LogP contribution in [-0.2, 0) is 6.54 Å². The van der Waals surface area contributed by atoms with Crippen LogP contribution < -0.4 is 10.9 Å². The van der Waals surface area contributed by atoms with Gasteiger partial charge in [0, 0.05) is 23.0 Å². The summed E-state index contributed by atoms with van der Waals surface area (Å²) in [5.41, 5.74) is 2.95. The lowest BCUT2D eigenvalue weighted by Gasteiger charge is -2.10. The van der Waals surface area contributed by atoms with E-state index in [4.69, 9.17) is 23.2 Å². The molecule has 6 heteroatoms. The van der Waals surface area contributed by atoms with E-state index in [0.717, 1.165) is 11.3 Å². The average molecular weight is 334 g/mol. The van der Waals surface area contributed by atoms with Gasteiger partial charge in [-0.15, -0.1) is 0 Å². The van der Waals surface area contributed by atoms with Gasteiger partial charge in [-0.05, 0) is 36.8 Å². The van der Waals surface area contributed by atoms with Crippen molar-refractivity contribution in [2.45, 2.75) is 13.5 Å². The van der Waals surface area contributed by atoms with Gasteiger partial charge in [-0.1, -0.05) is 29.3 Å². The Balaban J connectivity index is 1.90. The monoisotopic (exact) mass is 333 g/mol. The van der Waals surface area contributed by atoms with Crippen molar-refractivity contribution in [3.05, 3.63) is 74.3 Å². The van der Waals surface area contributed by atoms with Gasteiger partial charge in [0.05, 0.1) is 17.3 Å². The fraction of sp³-hybridized carbons (Fsp3) is 0.125. The SMILES string of the molecule is Cc1c(Cl)cccc1NCc1cc(=O)n2cc(Cl)ccc2n1. The Kier molecular flexibility index (Phi) is 4.05. The van der Waals surface area contributed by atoms with Crippen molar-refractivity contribution in [3.8, 4) is 0 Å².